The first-order valence-corrected chi connectivity index (χ1v) is 33.5. The van der Waals surface area contributed by atoms with Crippen molar-refractivity contribution in [3.8, 4) is 0 Å². The first kappa shape index (κ1) is 77.5. The highest BCUT2D eigenvalue weighted by Crippen LogP contribution is 2.32. The van der Waals surface area contributed by atoms with Gasteiger partial charge >= 0.3 is 0 Å². The molecule has 0 aromatic carbocycles. The lowest BCUT2D eigenvalue weighted by Crippen LogP contribution is -2.66. The summed E-state index contributed by atoms with van der Waals surface area (Å²) in [5.74, 6) is -1.47. The number of amides is 2. The topological polar surface area (TPSA) is 356 Å². The van der Waals surface area contributed by atoms with Crippen molar-refractivity contribution in [1.82, 2.24) is 10.6 Å². The molecule has 0 aromatic rings. The molecular formula is C63H120N2O20. The second-order valence-corrected chi connectivity index (χ2v) is 24.6. The zero-order chi connectivity index (χ0) is 62.4. The summed E-state index contributed by atoms with van der Waals surface area (Å²) in [4.78, 5) is 25.9. The van der Waals surface area contributed by atoms with E-state index in [2.05, 4.69) is 24.5 Å². The van der Waals surface area contributed by atoms with E-state index in [0.29, 0.717) is 12.8 Å². The molecule has 85 heavy (non-hydrogen) atoms. The first-order valence-electron chi connectivity index (χ1n) is 33.5. The second kappa shape index (κ2) is 46.3. The molecule has 0 spiro atoms. The van der Waals surface area contributed by atoms with E-state index in [9.17, 15) is 70.9 Å². The lowest BCUT2D eigenvalue weighted by molar-refractivity contribution is -0.371. The molecule has 3 fully saturated rings. The summed E-state index contributed by atoms with van der Waals surface area (Å²) in [5.41, 5.74) is 0. The minimum absolute atomic E-state index is 0.130. The maximum Gasteiger partial charge on any atom is 0.249 e. The van der Waals surface area contributed by atoms with Crippen LogP contribution in [-0.2, 0) is 38.0 Å². The Morgan fingerprint density at radius 1 is 0.447 bits per heavy atom. The van der Waals surface area contributed by atoms with Crippen molar-refractivity contribution in [2.75, 3.05) is 26.4 Å². The van der Waals surface area contributed by atoms with E-state index in [0.717, 1.165) is 58.3 Å². The van der Waals surface area contributed by atoms with Crippen LogP contribution in [0.2, 0.25) is 0 Å². The van der Waals surface area contributed by atoms with Gasteiger partial charge in [-0.1, -0.05) is 226 Å². The van der Waals surface area contributed by atoms with Crippen molar-refractivity contribution < 1.29 is 99.3 Å². The summed E-state index contributed by atoms with van der Waals surface area (Å²) in [6.07, 6.45) is 9.95. The number of ether oxygens (including phenoxy) is 6. The van der Waals surface area contributed by atoms with Crippen LogP contribution in [-0.4, -0.2) is 216 Å². The molecule has 0 radical (unpaired) electrons. The summed E-state index contributed by atoms with van der Waals surface area (Å²) >= 11 is 0. The molecule has 22 heteroatoms. The third-order valence-corrected chi connectivity index (χ3v) is 17.3. The van der Waals surface area contributed by atoms with E-state index in [4.69, 9.17) is 28.4 Å². The van der Waals surface area contributed by atoms with Crippen LogP contribution in [0.3, 0.4) is 0 Å². The predicted octanol–water partition coefficient (Wildman–Crippen LogP) is 4.86. The number of carbonyl (C=O) groups excluding carboxylic acids is 2. The van der Waals surface area contributed by atoms with Crippen LogP contribution in [0.5, 0.6) is 0 Å². The van der Waals surface area contributed by atoms with E-state index >= 15 is 0 Å². The SMILES string of the molecule is CCCCCCCCCCCCCCCCCCCCCC(O)C(=O)NC(COC1OC(COC2OC(CO)C(O)C(O)C2NC(C)=O)C(O)C(O)C1OC1OC(CO)C(O)C(O)C1O)C(O)C(O)CCCCCCCCCCCCCCCC. The molecule has 3 aliphatic rings. The Labute approximate surface area is 508 Å². The lowest BCUT2D eigenvalue weighted by atomic mass is 9.96. The zero-order valence-corrected chi connectivity index (χ0v) is 52.2. The third-order valence-electron chi connectivity index (χ3n) is 17.3. The minimum atomic E-state index is -2.01. The second-order valence-electron chi connectivity index (χ2n) is 24.6. The van der Waals surface area contributed by atoms with Gasteiger partial charge in [0.15, 0.2) is 18.9 Å². The highest BCUT2D eigenvalue weighted by molar-refractivity contribution is 5.80. The molecule has 0 aliphatic carbocycles. The van der Waals surface area contributed by atoms with Crippen molar-refractivity contribution in [3.05, 3.63) is 0 Å². The van der Waals surface area contributed by atoms with E-state index in [1.165, 1.54) is 148 Å². The number of rotatable bonds is 50. The van der Waals surface area contributed by atoms with Gasteiger partial charge in [-0.3, -0.25) is 9.59 Å². The first-order chi connectivity index (χ1) is 41.0. The van der Waals surface area contributed by atoms with Crippen LogP contribution in [0.25, 0.3) is 0 Å². The third kappa shape index (κ3) is 29.8. The molecule has 0 aromatic heterocycles. The van der Waals surface area contributed by atoms with Crippen molar-refractivity contribution in [1.29, 1.82) is 0 Å². The van der Waals surface area contributed by atoms with Crippen LogP contribution >= 0.6 is 0 Å². The normalized spacial score (nSPS) is 29.6. The molecule has 0 bridgehead atoms. The van der Waals surface area contributed by atoms with Gasteiger partial charge in [0, 0.05) is 6.92 Å². The smallest absolute Gasteiger partial charge is 0.249 e. The minimum Gasteiger partial charge on any atom is -0.394 e. The van der Waals surface area contributed by atoms with Gasteiger partial charge in [0.1, 0.15) is 85.4 Å². The fraction of sp³-hybridized carbons (Fsp3) is 0.968. The quantitative estimate of drug-likeness (QED) is 0.0362. The van der Waals surface area contributed by atoms with Gasteiger partial charge < -0.3 is 100 Å². The molecule has 22 nitrogen and oxygen atoms in total. The largest absolute Gasteiger partial charge is 0.394 e. The molecular weight excluding hydrogens is 1100 g/mol. The number of aliphatic hydroxyl groups is 12. The summed E-state index contributed by atoms with van der Waals surface area (Å²) < 4.78 is 35.3. The molecule has 502 valence electrons. The molecule has 3 rings (SSSR count). The number of hydrogen-bond acceptors (Lipinski definition) is 20. The molecule has 0 saturated carbocycles. The van der Waals surface area contributed by atoms with Crippen molar-refractivity contribution in [2.24, 2.45) is 0 Å². The molecule has 3 aliphatic heterocycles. The maximum absolute atomic E-state index is 13.7. The molecule has 3 saturated heterocycles. The van der Waals surface area contributed by atoms with Crippen LogP contribution < -0.4 is 10.6 Å². The summed E-state index contributed by atoms with van der Waals surface area (Å²) in [7, 11) is 0. The Morgan fingerprint density at radius 3 is 1.27 bits per heavy atom. The highest BCUT2D eigenvalue weighted by atomic mass is 16.8. The number of unbranched alkanes of at least 4 members (excludes halogenated alkanes) is 31. The average molecular weight is 1230 g/mol. The number of nitrogens with one attached hydrogen (secondary N) is 2. The van der Waals surface area contributed by atoms with Gasteiger partial charge in [0.25, 0.3) is 0 Å². The summed E-state index contributed by atoms with van der Waals surface area (Å²) in [6.45, 7) is 2.68. The zero-order valence-electron chi connectivity index (χ0n) is 52.2. The molecule has 14 N–H and O–H groups in total. The summed E-state index contributed by atoms with van der Waals surface area (Å²) in [5, 5.41) is 136. The Hall–Kier alpha value is -1.78. The van der Waals surface area contributed by atoms with Gasteiger partial charge in [-0.25, -0.2) is 0 Å². The number of aliphatic hydroxyl groups excluding tert-OH is 12. The van der Waals surface area contributed by atoms with Crippen molar-refractivity contribution in [3.63, 3.8) is 0 Å². The summed E-state index contributed by atoms with van der Waals surface area (Å²) in [6, 6.07) is -2.82. The predicted molar refractivity (Wildman–Crippen MR) is 319 cm³/mol. The average Bonchev–Trinajstić information content (AvgIpc) is 2.11. The highest BCUT2D eigenvalue weighted by Gasteiger charge is 2.52. The van der Waals surface area contributed by atoms with Crippen LogP contribution in [0.4, 0.5) is 0 Å². The Morgan fingerprint density at radius 2 is 0.835 bits per heavy atom. The number of carbonyl (C=O) groups is 2. The fourth-order valence-electron chi connectivity index (χ4n) is 11.7. The van der Waals surface area contributed by atoms with Crippen molar-refractivity contribution >= 4 is 11.8 Å². The van der Waals surface area contributed by atoms with Gasteiger partial charge in [0.05, 0.1) is 38.6 Å². The van der Waals surface area contributed by atoms with E-state index in [-0.39, 0.29) is 12.8 Å². The van der Waals surface area contributed by atoms with E-state index < -0.39 is 155 Å². The Kier molecular flexibility index (Phi) is 42.2. The standard InChI is InChI=1S/C63H120N2O20/c1-4-6-8-10-12-14-16-18-20-21-22-23-24-26-28-30-32-34-36-38-46(70)60(79)65-44(51(71)45(69)37-35-33-31-29-27-25-19-17-15-13-11-9-7-5-2)41-80-63-59(85-62-58(78)56(76)53(73)48(40-67)83-62)57(77)54(74)49(84-63)42-81-61-50(64-43(3)68)55(75)52(72)47(39-66)82-61/h44-59,61-63,66-67,69-78H,4-42H2,1-3H3,(H,64,68)(H,65,79). The maximum atomic E-state index is 13.7. The number of hydrogen-bond donors (Lipinski definition) is 14. The van der Waals surface area contributed by atoms with Crippen LogP contribution in [0.15, 0.2) is 0 Å². The van der Waals surface area contributed by atoms with Crippen molar-refractivity contribution in [2.45, 2.75) is 362 Å². The Bertz CT molecular complexity index is 1660. The van der Waals surface area contributed by atoms with Crippen LogP contribution in [0, 0.1) is 0 Å². The molecule has 3 heterocycles. The van der Waals surface area contributed by atoms with Gasteiger partial charge in [-0.05, 0) is 12.8 Å². The van der Waals surface area contributed by atoms with Gasteiger partial charge in [-0.2, -0.15) is 0 Å². The Balaban J connectivity index is 1.67. The van der Waals surface area contributed by atoms with Crippen LogP contribution in [0.1, 0.15) is 245 Å². The van der Waals surface area contributed by atoms with E-state index in [1.54, 1.807) is 0 Å². The van der Waals surface area contributed by atoms with E-state index in [1.807, 2.05) is 0 Å². The monoisotopic (exact) mass is 1220 g/mol. The lowest BCUT2D eigenvalue weighted by Gasteiger charge is -2.47. The molecule has 19 atom stereocenters. The van der Waals surface area contributed by atoms with Gasteiger partial charge in [-0.15, -0.1) is 0 Å². The molecule has 19 unspecified atom stereocenters. The van der Waals surface area contributed by atoms with Gasteiger partial charge in [0.2, 0.25) is 11.8 Å². The fourth-order valence-corrected chi connectivity index (χ4v) is 11.7. The molecule has 2 amide bonds.